The topological polar surface area (TPSA) is 42.4 Å². The van der Waals surface area contributed by atoms with Crippen molar-refractivity contribution in [2.75, 3.05) is 17.3 Å². The number of thiazole rings is 1. The van der Waals surface area contributed by atoms with Crippen LogP contribution in [0.1, 0.15) is 22.7 Å². The zero-order valence-corrected chi connectivity index (χ0v) is 13.5. The molecule has 1 amide bonds. The first-order valence-electron chi connectivity index (χ1n) is 6.78. The summed E-state index contributed by atoms with van der Waals surface area (Å²) in [5.74, 6) is 1.42. The third-order valence-corrected chi connectivity index (χ3v) is 5.27. The Morgan fingerprint density at radius 2 is 2.24 bits per heavy atom. The second-order valence-corrected chi connectivity index (χ2v) is 6.93. The molecule has 1 saturated heterocycles. The molecular formula is C15H16N2O2S2. The molecule has 1 aliphatic rings. The number of carbonyl (C=O) groups excluding carboxylic acids is 1. The number of hydrogen-bond acceptors (Lipinski definition) is 5. The SMILES string of the molecule is CCOc1ccccc1C1SCC(=O)N1c1ncc(C)s1. The van der Waals surface area contributed by atoms with E-state index in [0.29, 0.717) is 12.4 Å². The predicted octanol–water partition coefficient (Wildman–Crippen LogP) is 3.63. The number of thioether (sulfide) groups is 1. The van der Waals surface area contributed by atoms with Crippen molar-refractivity contribution in [3.05, 3.63) is 40.9 Å². The fourth-order valence-electron chi connectivity index (χ4n) is 2.29. The van der Waals surface area contributed by atoms with E-state index in [-0.39, 0.29) is 11.3 Å². The van der Waals surface area contributed by atoms with Crippen LogP contribution in [0.2, 0.25) is 0 Å². The number of benzene rings is 1. The van der Waals surface area contributed by atoms with Crippen LogP contribution in [0.5, 0.6) is 5.75 Å². The lowest BCUT2D eigenvalue weighted by Crippen LogP contribution is -2.27. The van der Waals surface area contributed by atoms with Crippen LogP contribution in [0.4, 0.5) is 5.13 Å². The van der Waals surface area contributed by atoms with Crippen LogP contribution in [-0.4, -0.2) is 23.3 Å². The summed E-state index contributed by atoms with van der Waals surface area (Å²) in [5, 5.41) is 0.699. The molecule has 0 aliphatic carbocycles. The van der Waals surface area contributed by atoms with E-state index in [1.807, 2.05) is 44.3 Å². The van der Waals surface area contributed by atoms with Crippen molar-refractivity contribution in [2.45, 2.75) is 19.2 Å². The van der Waals surface area contributed by atoms with Crippen LogP contribution >= 0.6 is 23.1 Å². The highest BCUT2D eigenvalue weighted by Gasteiger charge is 2.37. The Labute approximate surface area is 132 Å². The average Bonchev–Trinajstić information content (AvgIpc) is 3.06. The van der Waals surface area contributed by atoms with E-state index in [2.05, 4.69) is 4.98 Å². The lowest BCUT2D eigenvalue weighted by molar-refractivity contribution is -0.115. The van der Waals surface area contributed by atoms with Gasteiger partial charge in [0.05, 0.1) is 12.4 Å². The van der Waals surface area contributed by atoms with Crippen molar-refractivity contribution in [3.63, 3.8) is 0 Å². The maximum absolute atomic E-state index is 12.3. The Morgan fingerprint density at radius 1 is 1.43 bits per heavy atom. The summed E-state index contributed by atoms with van der Waals surface area (Å²) in [6.45, 7) is 4.57. The molecule has 21 heavy (non-hydrogen) atoms. The van der Waals surface area contributed by atoms with Gasteiger partial charge in [0, 0.05) is 16.6 Å². The summed E-state index contributed by atoms with van der Waals surface area (Å²) in [6.07, 6.45) is 1.81. The van der Waals surface area contributed by atoms with Crippen LogP contribution in [0.15, 0.2) is 30.5 Å². The van der Waals surface area contributed by atoms with E-state index >= 15 is 0 Å². The first-order valence-corrected chi connectivity index (χ1v) is 8.65. The number of carbonyl (C=O) groups is 1. The van der Waals surface area contributed by atoms with Crippen molar-refractivity contribution < 1.29 is 9.53 Å². The number of rotatable bonds is 4. The molecule has 2 heterocycles. The molecule has 3 rings (SSSR count). The van der Waals surface area contributed by atoms with E-state index in [1.165, 1.54) is 0 Å². The van der Waals surface area contributed by atoms with Crippen LogP contribution in [0, 0.1) is 6.92 Å². The molecule has 0 spiro atoms. The summed E-state index contributed by atoms with van der Waals surface area (Å²) in [7, 11) is 0. The first-order chi connectivity index (χ1) is 10.2. The van der Waals surface area contributed by atoms with E-state index < -0.39 is 0 Å². The molecule has 1 fully saturated rings. The van der Waals surface area contributed by atoms with Crippen molar-refractivity contribution >= 4 is 34.1 Å². The highest BCUT2D eigenvalue weighted by Crippen LogP contribution is 2.45. The van der Waals surface area contributed by atoms with E-state index in [1.54, 1.807) is 28.0 Å². The maximum Gasteiger partial charge on any atom is 0.240 e. The van der Waals surface area contributed by atoms with E-state index in [4.69, 9.17) is 4.74 Å². The monoisotopic (exact) mass is 320 g/mol. The summed E-state index contributed by atoms with van der Waals surface area (Å²) in [5.41, 5.74) is 1.03. The Kier molecular flexibility index (Phi) is 4.17. The van der Waals surface area contributed by atoms with Crippen molar-refractivity contribution in [1.82, 2.24) is 4.98 Å². The molecule has 1 aliphatic heterocycles. The standard InChI is InChI=1S/C15H16N2O2S2/c1-3-19-12-7-5-4-6-11(12)14-17(13(18)9-20-14)15-16-8-10(2)21-15/h4-8,14H,3,9H2,1-2H3. The van der Waals surface area contributed by atoms with E-state index in [0.717, 1.165) is 21.3 Å². The van der Waals surface area contributed by atoms with Crippen molar-refractivity contribution in [2.24, 2.45) is 0 Å². The maximum atomic E-state index is 12.3. The third-order valence-electron chi connectivity index (χ3n) is 3.17. The van der Waals surface area contributed by atoms with Gasteiger partial charge in [-0.15, -0.1) is 23.1 Å². The number of anilines is 1. The summed E-state index contributed by atoms with van der Waals surface area (Å²) >= 11 is 3.17. The average molecular weight is 320 g/mol. The smallest absolute Gasteiger partial charge is 0.240 e. The minimum absolute atomic E-state index is 0.0641. The van der Waals surface area contributed by atoms with Gasteiger partial charge < -0.3 is 4.74 Å². The minimum atomic E-state index is -0.0641. The molecule has 1 aromatic carbocycles. The van der Waals surface area contributed by atoms with Gasteiger partial charge in [0.2, 0.25) is 5.91 Å². The minimum Gasteiger partial charge on any atom is -0.493 e. The largest absolute Gasteiger partial charge is 0.493 e. The summed E-state index contributed by atoms with van der Waals surface area (Å²) in [6, 6.07) is 7.91. The number of aryl methyl sites for hydroxylation is 1. The fraction of sp³-hybridized carbons (Fsp3) is 0.333. The van der Waals surface area contributed by atoms with Crippen molar-refractivity contribution in [1.29, 1.82) is 0 Å². The van der Waals surface area contributed by atoms with Crippen LogP contribution in [-0.2, 0) is 4.79 Å². The number of amides is 1. The number of nitrogens with zero attached hydrogens (tertiary/aromatic N) is 2. The Balaban J connectivity index is 1.99. The molecule has 2 aromatic rings. The van der Waals surface area contributed by atoms with Gasteiger partial charge in [0.15, 0.2) is 5.13 Å². The second-order valence-electron chi connectivity index (χ2n) is 4.65. The molecule has 0 bridgehead atoms. The van der Waals surface area contributed by atoms with Crippen LogP contribution < -0.4 is 9.64 Å². The summed E-state index contributed by atoms with van der Waals surface area (Å²) < 4.78 is 5.71. The van der Waals surface area contributed by atoms with E-state index in [9.17, 15) is 4.79 Å². The van der Waals surface area contributed by atoms with Crippen molar-refractivity contribution in [3.8, 4) is 5.75 Å². The number of para-hydroxylation sites is 1. The van der Waals surface area contributed by atoms with Gasteiger partial charge in [-0.25, -0.2) is 4.98 Å². The molecule has 0 N–H and O–H groups in total. The molecule has 4 nitrogen and oxygen atoms in total. The van der Waals surface area contributed by atoms with Gasteiger partial charge in [0.25, 0.3) is 0 Å². The van der Waals surface area contributed by atoms with Gasteiger partial charge in [-0.05, 0) is 19.9 Å². The quantitative estimate of drug-likeness (QED) is 0.863. The molecule has 1 atom stereocenters. The first kappa shape index (κ1) is 14.4. The molecular weight excluding hydrogens is 304 g/mol. The molecule has 110 valence electrons. The summed E-state index contributed by atoms with van der Waals surface area (Å²) in [4.78, 5) is 19.5. The van der Waals surface area contributed by atoms with Gasteiger partial charge in [-0.3, -0.25) is 9.69 Å². The fourth-order valence-corrected chi connectivity index (χ4v) is 4.34. The Morgan fingerprint density at radius 3 is 2.95 bits per heavy atom. The number of ether oxygens (including phenoxy) is 1. The Hall–Kier alpha value is -1.53. The molecule has 1 aromatic heterocycles. The second kappa shape index (κ2) is 6.07. The lowest BCUT2D eigenvalue weighted by atomic mass is 10.2. The highest BCUT2D eigenvalue weighted by molar-refractivity contribution is 8.00. The van der Waals surface area contributed by atoms with Gasteiger partial charge in [-0.1, -0.05) is 18.2 Å². The highest BCUT2D eigenvalue weighted by atomic mass is 32.2. The molecule has 6 heteroatoms. The Bertz CT molecular complexity index is 657. The van der Waals surface area contributed by atoms with Gasteiger partial charge in [0.1, 0.15) is 11.1 Å². The normalized spacial score (nSPS) is 18.3. The molecule has 0 saturated carbocycles. The third kappa shape index (κ3) is 2.78. The van der Waals surface area contributed by atoms with Gasteiger partial charge >= 0.3 is 0 Å². The van der Waals surface area contributed by atoms with Gasteiger partial charge in [-0.2, -0.15) is 0 Å². The predicted molar refractivity (Wildman–Crippen MR) is 87.1 cm³/mol. The lowest BCUT2D eigenvalue weighted by Gasteiger charge is -2.23. The zero-order valence-electron chi connectivity index (χ0n) is 11.9. The number of aromatic nitrogens is 1. The molecule has 1 unspecified atom stereocenters. The van der Waals surface area contributed by atoms with Crippen LogP contribution in [0.3, 0.4) is 0 Å². The van der Waals surface area contributed by atoms with Crippen LogP contribution in [0.25, 0.3) is 0 Å². The molecule has 0 radical (unpaired) electrons. The zero-order chi connectivity index (χ0) is 14.8. The number of hydrogen-bond donors (Lipinski definition) is 0.